The van der Waals surface area contributed by atoms with Crippen LogP contribution in [0.1, 0.15) is 11.1 Å². The Morgan fingerprint density at radius 2 is 1.83 bits per heavy atom. The van der Waals surface area contributed by atoms with Crippen molar-refractivity contribution in [2.45, 2.75) is 13.3 Å². The summed E-state index contributed by atoms with van der Waals surface area (Å²) in [7, 11) is 1.72. The minimum Gasteiger partial charge on any atom is -0.497 e. The van der Waals surface area contributed by atoms with E-state index in [0.717, 1.165) is 18.7 Å². The lowest BCUT2D eigenvalue weighted by Crippen LogP contribution is -2.12. The van der Waals surface area contributed by atoms with Crippen molar-refractivity contribution in [3.63, 3.8) is 0 Å². The van der Waals surface area contributed by atoms with Crippen LogP contribution >= 0.6 is 0 Å². The van der Waals surface area contributed by atoms with Crippen molar-refractivity contribution in [2.24, 2.45) is 0 Å². The van der Waals surface area contributed by atoms with Crippen LogP contribution in [0.3, 0.4) is 0 Å². The molecule has 2 aromatic rings. The summed E-state index contributed by atoms with van der Waals surface area (Å²) in [6.07, 6.45) is 1.08. The first-order valence-electron chi connectivity index (χ1n) is 6.29. The molecule has 2 heteroatoms. The number of methoxy groups -OCH3 is 1. The first-order chi connectivity index (χ1) is 8.78. The van der Waals surface area contributed by atoms with Gasteiger partial charge in [0.2, 0.25) is 0 Å². The van der Waals surface area contributed by atoms with E-state index in [1.54, 1.807) is 7.11 Å². The van der Waals surface area contributed by atoms with Crippen LogP contribution in [0.4, 0.5) is 11.4 Å². The third kappa shape index (κ3) is 1.84. The van der Waals surface area contributed by atoms with Gasteiger partial charge in [0.15, 0.2) is 0 Å². The number of benzene rings is 2. The third-order valence-electron chi connectivity index (χ3n) is 3.53. The van der Waals surface area contributed by atoms with Gasteiger partial charge in [0.25, 0.3) is 0 Å². The monoisotopic (exact) mass is 239 g/mol. The molecule has 0 radical (unpaired) electrons. The molecular weight excluding hydrogens is 222 g/mol. The number of nitrogens with zero attached hydrogens (tertiary/aromatic N) is 1. The molecule has 1 aliphatic heterocycles. The Balaban J connectivity index is 1.97. The minimum absolute atomic E-state index is 0.944. The molecule has 92 valence electrons. The zero-order valence-electron chi connectivity index (χ0n) is 10.8. The fourth-order valence-electron chi connectivity index (χ4n) is 2.50. The summed E-state index contributed by atoms with van der Waals surface area (Å²) in [5.74, 6) is 0.944. The Morgan fingerprint density at radius 1 is 1.06 bits per heavy atom. The van der Waals surface area contributed by atoms with E-state index in [1.165, 1.54) is 22.5 Å². The van der Waals surface area contributed by atoms with Gasteiger partial charge in [-0.1, -0.05) is 17.7 Å². The molecule has 0 spiro atoms. The summed E-state index contributed by atoms with van der Waals surface area (Å²) in [6.45, 7) is 3.16. The fraction of sp³-hybridized carbons (Fsp3) is 0.250. The van der Waals surface area contributed by atoms with E-state index < -0.39 is 0 Å². The Bertz CT molecular complexity index is 560. The van der Waals surface area contributed by atoms with Gasteiger partial charge in [-0.15, -0.1) is 0 Å². The number of anilines is 2. The minimum atomic E-state index is 0.944. The van der Waals surface area contributed by atoms with Crippen LogP contribution in [-0.2, 0) is 6.42 Å². The SMILES string of the molecule is COc1ccc2c(c1)CCN2c1ccc(C)cc1. The van der Waals surface area contributed by atoms with Gasteiger partial charge in [-0.3, -0.25) is 0 Å². The summed E-state index contributed by atoms with van der Waals surface area (Å²) in [4.78, 5) is 2.37. The summed E-state index contributed by atoms with van der Waals surface area (Å²) in [5.41, 5.74) is 5.24. The van der Waals surface area contributed by atoms with E-state index in [2.05, 4.69) is 48.2 Å². The second-order valence-corrected chi connectivity index (χ2v) is 4.73. The van der Waals surface area contributed by atoms with E-state index in [1.807, 2.05) is 6.07 Å². The maximum Gasteiger partial charge on any atom is 0.119 e. The molecule has 0 fully saturated rings. The van der Waals surface area contributed by atoms with Gasteiger partial charge in [0.1, 0.15) is 5.75 Å². The first kappa shape index (κ1) is 11.1. The summed E-state index contributed by atoms with van der Waals surface area (Å²) in [5, 5.41) is 0. The number of hydrogen-bond acceptors (Lipinski definition) is 2. The van der Waals surface area contributed by atoms with Gasteiger partial charge in [-0.05, 0) is 49.2 Å². The molecule has 1 aliphatic rings. The van der Waals surface area contributed by atoms with Gasteiger partial charge >= 0.3 is 0 Å². The zero-order valence-corrected chi connectivity index (χ0v) is 10.8. The fourth-order valence-corrected chi connectivity index (χ4v) is 2.50. The largest absolute Gasteiger partial charge is 0.497 e. The highest BCUT2D eigenvalue weighted by Crippen LogP contribution is 2.36. The summed E-state index contributed by atoms with van der Waals surface area (Å²) < 4.78 is 5.28. The molecule has 0 amide bonds. The molecule has 0 aromatic heterocycles. The van der Waals surface area contributed by atoms with Gasteiger partial charge in [-0.2, -0.15) is 0 Å². The van der Waals surface area contributed by atoms with Crippen molar-refractivity contribution >= 4 is 11.4 Å². The molecule has 0 atom stereocenters. The molecular formula is C16H17NO. The maximum atomic E-state index is 5.28. The van der Waals surface area contributed by atoms with Crippen molar-refractivity contribution in [3.05, 3.63) is 53.6 Å². The average molecular weight is 239 g/mol. The van der Waals surface area contributed by atoms with Crippen molar-refractivity contribution in [3.8, 4) is 5.75 Å². The predicted octanol–water partition coefficient (Wildman–Crippen LogP) is 3.70. The smallest absolute Gasteiger partial charge is 0.119 e. The Morgan fingerprint density at radius 3 is 2.56 bits per heavy atom. The average Bonchev–Trinajstić information content (AvgIpc) is 2.82. The molecule has 0 saturated carbocycles. The van der Waals surface area contributed by atoms with Crippen molar-refractivity contribution < 1.29 is 4.74 Å². The molecule has 18 heavy (non-hydrogen) atoms. The van der Waals surface area contributed by atoms with Crippen LogP contribution < -0.4 is 9.64 Å². The van der Waals surface area contributed by atoms with E-state index in [9.17, 15) is 0 Å². The molecule has 3 rings (SSSR count). The van der Waals surface area contributed by atoms with Gasteiger partial charge in [0.05, 0.1) is 7.11 Å². The van der Waals surface area contributed by atoms with Crippen molar-refractivity contribution in [1.29, 1.82) is 0 Å². The number of ether oxygens (including phenoxy) is 1. The van der Waals surface area contributed by atoms with Gasteiger partial charge in [0, 0.05) is 17.9 Å². The highest BCUT2D eigenvalue weighted by molar-refractivity contribution is 5.70. The number of fused-ring (bicyclic) bond motifs is 1. The van der Waals surface area contributed by atoms with Crippen LogP contribution in [-0.4, -0.2) is 13.7 Å². The van der Waals surface area contributed by atoms with E-state index in [0.29, 0.717) is 0 Å². The Labute approximate surface area is 108 Å². The molecule has 0 N–H and O–H groups in total. The lowest BCUT2D eigenvalue weighted by Gasteiger charge is -2.19. The summed E-state index contributed by atoms with van der Waals surface area (Å²) in [6, 6.07) is 15.0. The second kappa shape index (κ2) is 4.37. The highest BCUT2D eigenvalue weighted by Gasteiger charge is 2.20. The van der Waals surface area contributed by atoms with Crippen molar-refractivity contribution in [2.75, 3.05) is 18.6 Å². The number of aryl methyl sites for hydroxylation is 1. The van der Waals surface area contributed by atoms with E-state index in [4.69, 9.17) is 4.74 Å². The van der Waals surface area contributed by atoms with Gasteiger partial charge < -0.3 is 9.64 Å². The van der Waals surface area contributed by atoms with Crippen LogP contribution in [0.5, 0.6) is 5.75 Å². The number of hydrogen-bond donors (Lipinski definition) is 0. The Hall–Kier alpha value is -1.96. The number of rotatable bonds is 2. The van der Waals surface area contributed by atoms with E-state index >= 15 is 0 Å². The molecule has 0 aliphatic carbocycles. The second-order valence-electron chi connectivity index (χ2n) is 4.73. The van der Waals surface area contributed by atoms with Crippen molar-refractivity contribution in [1.82, 2.24) is 0 Å². The van der Waals surface area contributed by atoms with E-state index in [-0.39, 0.29) is 0 Å². The van der Waals surface area contributed by atoms with Gasteiger partial charge in [-0.25, -0.2) is 0 Å². The third-order valence-corrected chi connectivity index (χ3v) is 3.53. The van der Waals surface area contributed by atoms with Crippen LogP contribution in [0, 0.1) is 6.92 Å². The zero-order chi connectivity index (χ0) is 12.5. The lowest BCUT2D eigenvalue weighted by molar-refractivity contribution is 0.414. The molecule has 2 nitrogen and oxygen atoms in total. The maximum absolute atomic E-state index is 5.28. The standard InChI is InChI=1S/C16H17NO/c1-12-3-5-14(6-4-12)17-10-9-13-11-15(18-2)7-8-16(13)17/h3-8,11H,9-10H2,1-2H3. The van der Waals surface area contributed by atoms with Crippen LogP contribution in [0.2, 0.25) is 0 Å². The first-order valence-corrected chi connectivity index (χ1v) is 6.29. The normalized spacial score (nSPS) is 13.6. The Kier molecular flexibility index (Phi) is 2.71. The highest BCUT2D eigenvalue weighted by atomic mass is 16.5. The lowest BCUT2D eigenvalue weighted by atomic mass is 10.1. The molecule has 0 bridgehead atoms. The molecule has 2 aromatic carbocycles. The summed E-state index contributed by atoms with van der Waals surface area (Å²) >= 11 is 0. The quantitative estimate of drug-likeness (QED) is 0.792. The topological polar surface area (TPSA) is 12.5 Å². The molecule has 0 saturated heterocycles. The van der Waals surface area contributed by atoms with Crippen LogP contribution in [0.15, 0.2) is 42.5 Å². The molecule has 0 unspecified atom stereocenters. The molecule has 1 heterocycles. The predicted molar refractivity (Wildman–Crippen MR) is 74.9 cm³/mol. The van der Waals surface area contributed by atoms with Crippen LogP contribution in [0.25, 0.3) is 0 Å².